The van der Waals surface area contributed by atoms with E-state index in [-0.39, 0.29) is 18.4 Å². The Kier molecular flexibility index (Phi) is 7.66. The van der Waals surface area contributed by atoms with Gasteiger partial charge in [0.05, 0.1) is 0 Å². The number of hydrogen-bond donors (Lipinski definition) is 1. The lowest BCUT2D eigenvalue weighted by Crippen LogP contribution is -2.43. The monoisotopic (exact) mass is 376 g/mol. The molecule has 27 heavy (non-hydrogen) atoms. The van der Waals surface area contributed by atoms with Gasteiger partial charge < -0.3 is 19.7 Å². The summed E-state index contributed by atoms with van der Waals surface area (Å²) in [5, 5.41) is 2.91. The summed E-state index contributed by atoms with van der Waals surface area (Å²) in [6, 6.07) is 7.06. The highest BCUT2D eigenvalue weighted by Gasteiger charge is 2.34. The topological polar surface area (TPSA) is 67.9 Å². The van der Waals surface area contributed by atoms with E-state index in [0.29, 0.717) is 30.4 Å². The van der Waals surface area contributed by atoms with Crippen molar-refractivity contribution in [2.45, 2.75) is 52.6 Å². The lowest BCUT2D eigenvalue weighted by Gasteiger charge is -2.29. The summed E-state index contributed by atoms with van der Waals surface area (Å²) in [7, 11) is 0. The van der Waals surface area contributed by atoms with Crippen molar-refractivity contribution in [3.05, 3.63) is 24.3 Å². The van der Waals surface area contributed by atoms with Crippen LogP contribution >= 0.6 is 0 Å². The van der Waals surface area contributed by atoms with E-state index in [1.807, 2.05) is 18.7 Å². The Labute approximate surface area is 162 Å². The number of nitrogens with one attached hydrogen (secondary N) is 1. The Morgan fingerprint density at radius 3 is 2.37 bits per heavy atom. The minimum Gasteiger partial charge on any atom is -0.484 e. The molecule has 2 rings (SSSR count). The maximum atomic E-state index is 12.7. The van der Waals surface area contributed by atoms with E-state index >= 15 is 0 Å². The molecule has 2 amide bonds. The molecular formula is C21H32N2O4. The quantitative estimate of drug-likeness (QED) is 0.717. The number of nitrogens with zero attached hydrogens (tertiary/aromatic N) is 1. The van der Waals surface area contributed by atoms with E-state index in [1.165, 1.54) is 0 Å². The van der Waals surface area contributed by atoms with E-state index in [4.69, 9.17) is 9.47 Å². The van der Waals surface area contributed by atoms with Crippen LogP contribution in [0.4, 0.5) is 5.69 Å². The van der Waals surface area contributed by atoms with Gasteiger partial charge in [0.25, 0.3) is 11.8 Å². The molecule has 0 spiro atoms. The molecule has 1 fully saturated rings. The Bertz CT molecular complexity index is 624. The summed E-state index contributed by atoms with van der Waals surface area (Å²) in [6.45, 7) is 10.0. The van der Waals surface area contributed by atoms with E-state index in [1.54, 1.807) is 24.3 Å². The van der Waals surface area contributed by atoms with Gasteiger partial charge in [-0.1, -0.05) is 13.8 Å². The second kappa shape index (κ2) is 9.74. The summed E-state index contributed by atoms with van der Waals surface area (Å²) in [5.74, 6) is 0.813. The average molecular weight is 376 g/mol. The summed E-state index contributed by atoms with van der Waals surface area (Å²) in [4.78, 5) is 26.5. The Morgan fingerprint density at radius 1 is 1.19 bits per heavy atom. The number of likely N-dealkylation sites (tertiary alicyclic amines) is 1. The van der Waals surface area contributed by atoms with Crippen LogP contribution in [0.1, 0.15) is 47.0 Å². The van der Waals surface area contributed by atoms with Gasteiger partial charge in [0, 0.05) is 25.4 Å². The molecule has 0 bridgehead atoms. The van der Waals surface area contributed by atoms with Crippen LogP contribution in [0.2, 0.25) is 0 Å². The van der Waals surface area contributed by atoms with Gasteiger partial charge in [-0.15, -0.1) is 0 Å². The van der Waals surface area contributed by atoms with E-state index in [2.05, 4.69) is 19.2 Å². The second-order valence-corrected chi connectivity index (χ2v) is 7.62. The number of benzene rings is 1. The van der Waals surface area contributed by atoms with Crippen molar-refractivity contribution in [3.8, 4) is 5.75 Å². The number of ether oxygens (including phenoxy) is 2. The van der Waals surface area contributed by atoms with Gasteiger partial charge in [-0.3, -0.25) is 9.59 Å². The van der Waals surface area contributed by atoms with Gasteiger partial charge in [-0.25, -0.2) is 0 Å². The smallest absolute Gasteiger partial charge is 0.260 e. The molecule has 150 valence electrons. The zero-order chi connectivity index (χ0) is 19.9. The molecule has 1 heterocycles. The molecule has 6 nitrogen and oxygen atoms in total. The lowest BCUT2D eigenvalue weighted by atomic mass is 9.93. The summed E-state index contributed by atoms with van der Waals surface area (Å²) in [5.41, 5.74) is -0.187. The Balaban J connectivity index is 1.90. The number of amides is 2. The average Bonchev–Trinajstić information content (AvgIpc) is 3.15. The molecule has 1 N–H and O–H groups in total. The maximum Gasteiger partial charge on any atom is 0.260 e. The minimum atomic E-state index is -0.861. The zero-order valence-electron chi connectivity index (χ0n) is 16.9. The normalized spacial score (nSPS) is 16.3. The third-order valence-electron chi connectivity index (χ3n) is 4.67. The zero-order valence-corrected chi connectivity index (χ0v) is 16.9. The molecule has 0 saturated carbocycles. The first-order chi connectivity index (χ1) is 12.8. The fourth-order valence-electron chi connectivity index (χ4n) is 3.42. The highest BCUT2D eigenvalue weighted by Crippen LogP contribution is 2.24. The largest absolute Gasteiger partial charge is 0.484 e. The van der Waals surface area contributed by atoms with Crippen molar-refractivity contribution in [1.29, 1.82) is 0 Å². The van der Waals surface area contributed by atoms with Crippen molar-refractivity contribution in [1.82, 2.24) is 4.90 Å². The molecular weight excluding hydrogens is 344 g/mol. The van der Waals surface area contributed by atoms with Crippen molar-refractivity contribution < 1.29 is 19.1 Å². The van der Waals surface area contributed by atoms with Crippen LogP contribution in [-0.4, -0.2) is 48.6 Å². The third-order valence-corrected chi connectivity index (χ3v) is 4.67. The Morgan fingerprint density at radius 2 is 1.81 bits per heavy atom. The van der Waals surface area contributed by atoms with Gasteiger partial charge in [0.15, 0.2) is 6.61 Å². The first kappa shape index (κ1) is 21.2. The molecule has 0 aliphatic carbocycles. The SMILES string of the molecule is CCOC(C)(CC(C)C)C(=O)Nc1ccc(OCC(=O)N2CCCC2)cc1. The van der Waals surface area contributed by atoms with Crippen LogP contribution in [0.25, 0.3) is 0 Å². The number of hydrogen-bond acceptors (Lipinski definition) is 4. The minimum absolute atomic E-state index is 0.0195. The lowest BCUT2D eigenvalue weighted by molar-refractivity contribution is -0.140. The fourth-order valence-corrected chi connectivity index (χ4v) is 3.42. The van der Waals surface area contributed by atoms with Gasteiger partial charge >= 0.3 is 0 Å². The number of carbonyl (C=O) groups excluding carboxylic acids is 2. The van der Waals surface area contributed by atoms with Crippen LogP contribution < -0.4 is 10.1 Å². The Hall–Kier alpha value is -2.08. The highest BCUT2D eigenvalue weighted by atomic mass is 16.5. The van der Waals surface area contributed by atoms with Crippen LogP contribution in [0.5, 0.6) is 5.75 Å². The second-order valence-electron chi connectivity index (χ2n) is 7.62. The van der Waals surface area contributed by atoms with Gasteiger partial charge in [0.1, 0.15) is 11.4 Å². The predicted molar refractivity (Wildman–Crippen MR) is 106 cm³/mol. The molecule has 1 aliphatic heterocycles. The maximum absolute atomic E-state index is 12.7. The standard InChI is InChI=1S/C21H32N2O4/c1-5-27-21(4,14-16(2)3)20(25)22-17-8-10-18(11-9-17)26-15-19(24)23-12-6-7-13-23/h8-11,16H,5-7,12-15H2,1-4H3,(H,22,25). The molecule has 1 aliphatic rings. The first-order valence-electron chi connectivity index (χ1n) is 9.80. The number of carbonyl (C=O) groups is 2. The van der Waals surface area contributed by atoms with E-state index in [0.717, 1.165) is 25.9 Å². The molecule has 0 radical (unpaired) electrons. The van der Waals surface area contributed by atoms with Crippen molar-refractivity contribution in [2.75, 3.05) is 31.6 Å². The molecule has 1 aromatic carbocycles. The number of anilines is 1. The molecule has 1 unspecified atom stereocenters. The van der Waals surface area contributed by atoms with Crippen molar-refractivity contribution in [3.63, 3.8) is 0 Å². The summed E-state index contributed by atoms with van der Waals surface area (Å²) < 4.78 is 11.3. The third kappa shape index (κ3) is 6.24. The highest BCUT2D eigenvalue weighted by molar-refractivity contribution is 5.97. The van der Waals surface area contributed by atoms with Crippen LogP contribution in [0, 0.1) is 5.92 Å². The first-order valence-corrected chi connectivity index (χ1v) is 9.80. The fraction of sp³-hybridized carbons (Fsp3) is 0.619. The molecule has 6 heteroatoms. The van der Waals surface area contributed by atoms with Gasteiger partial charge in [-0.2, -0.15) is 0 Å². The summed E-state index contributed by atoms with van der Waals surface area (Å²) in [6.07, 6.45) is 2.78. The summed E-state index contributed by atoms with van der Waals surface area (Å²) >= 11 is 0. The van der Waals surface area contributed by atoms with Gasteiger partial charge in [-0.05, 0) is 63.3 Å². The van der Waals surface area contributed by atoms with Crippen molar-refractivity contribution in [2.24, 2.45) is 5.92 Å². The van der Waals surface area contributed by atoms with E-state index < -0.39 is 5.60 Å². The van der Waals surface area contributed by atoms with Crippen LogP contribution in [-0.2, 0) is 14.3 Å². The predicted octanol–water partition coefficient (Wildman–Crippen LogP) is 3.47. The van der Waals surface area contributed by atoms with Gasteiger partial charge in [0.2, 0.25) is 0 Å². The molecule has 1 aromatic rings. The molecule has 0 aromatic heterocycles. The van der Waals surface area contributed by atoms with E-state index in [9.17, 15) is 9.59 Å². The van der Waals surface area contributed by atoms with Crippen LogP contribution in [0.3, 0.4) is 0 Å². The number of rotatable bonds is 9. The molecule has 1 atom stereocenters. The molecule has 1 saturated heterocycles. The van der Waals surface area contributed by atoms with Crippen molar-refractivity contribution >= 4 is 17.5 Å². The van der Waals surface area contributed by atoms with Crippen LogP contribution in [0.15, 0.2) is 24.3 Å².